The van der Waals surface area contributed by atoms with Crippen molar-refractivity contribution in [2.45, 2.75) is 32.9 Å². The quantitative estimate of drug-likeness (QED) is 0.616. The monoisotopic (exact) mass is 300 g/mol. The third-order valence-corrected chi connectivity index (χ3v) is 3.22. The standard InChI is InChI=1S/C13H19NO5P/c1-9(2)18-13(15)10(3)14-20(16)19-12-8-6-5-7-11(12)17-4/h5-10H,1-4H3,(H,14,16)/q+1/t10-/m0/s1. The Morgan fingerprint density at radius 3 is 2.35 bits per heavy atom. The molecule has 1 aromatic rings. The molecule has 0 aliphatic rings. The van der Waals surface area contributed by atoms with Gasteiger partial charge >= 0.3 is 14.1 Å². The van der Waals surface area contributed by atoms with Crippen molar-refractivity contribution in [2.75, 3.05) is 7.11 Å². The van der Waals surface area contributed by atoms with Gasteiger partial charge in [-0.3, -0.25) is 4.79 Å². The third kappa shape index (κ3) is 5.15. The molecule has 0 aromatic heterocycles. The lowest BCUT2D eigenvalue weighted by Crippen LogP contribution is -2.33. The van der Waals surface area contributed by atoms with Crippen LogP contribution in [0.3, 0.4) is 0 Å². The first-order chi connectivity index (χ1) is 9.43. The molecule has 0 fully saturated rings. The lowest BCUT2D eigenvalue weighted by molar-refractivity contribution is -0.148. The van der Waals surface area contributed by atoms with Gasteiger partial charge in [0, 0.05) is 4.57 Å². The summed E-state index contributed by atoms with van der Waals surface area (Å²) in [4.78, 5) is 11.6. The van der Waals surface area contributed by atoms with Crippen LogP contribution in [0.4, 0.5) is 0 Å². The van der Waals surface area contributed by atoms with Crippen LogP contribution in [0, 0.1) is 0 Å². The van der Waals surface area contributed by atoms with E-state index in [1.54, 1.807) is 45.0 Å². The Hall–Kier alpha value is -1.65. The second kappa shape index (κ2) is 7.82. The average molecular weight is 300 g/mol. The number of para-hydroxylation sites is 2. The molecule has 0 bridgehead atoms. The minimum atomic E-state index is -2.26. The Labute approximate surface area is 119 Å². The first-order valence-corrected chi connectivity index (χ1v) is 7.36. The summed E-state index contributed by atoms with van der Waals surface area (Å²) in [5, 5.41) is 2.54. The van der Waals surface area contributed by atoms with Crippen molar-refractivity contribution in [1.82, 2.24) is 5.09 Å². The molecule has 0 saturated carbocycles. The van der Waals surface area contributed by atoms with Crippen LogP contribution >= 0.6 is 8.18 Å². The van der Waals surface area contributed by atoms with E-state index in [1.165, 1.54) is 7.11 Å². The maximum atomic E-state index is 11.8. The van der Waals surface area contributed by atoms with Crippen LogP contribution < -0.4 is 14.3 Å². The lowest BCUT2D eigenvalue weighted by Gasteiger charge is -2.10. The zero-order valence-corrected chi connectivity index (χ0v) is 12.8. The molecule has 1 unspecified atom stereocenters. The van der Waals surface area contributed by atoms with Crippen molar-refractivity contribution in [3.05, 3.63) is 24.3 Å². The molecule has 0 heterocycles. The van der Waals surface area contributed by atoms with Crippen LogP contribution in [0.15, 0.2) is 24.3 Å². The van der Waals surface area contributed by atoms with Crippen LogP contribution in [0.5, 0.6) is 11.5 Å². The summed E-state index contributed by atoms with van der Waals surface area (Å²) in [6, 6.07) is 6.10. The fraction of sp³-hybridized carbons (Fsp3) is 0.462. The second-order valence-electron chi connectivity index (χ2n) is 4.34. The molecule has 110 valence electrons. The summed E-state index contributed by atoms with van der Waals surface area (Å²) in [5.74, 6) is 0.329. The fourth-order valence-electron chi connectivity index (χ4n) is 1.36. The molecule has 0 amide bonds. The van der Waals surface area contributed by atoms with Gasteiger partial charge in [0.05, 0.1) is 13.2 Å². The smallest absolute Gasteiger partial charge is 0.493 e. The van der Waals surface area contributed by atoms with Crippen LogP contribution in [-0.4, -0.2) is 25.2 Å². The topological polar surface area (TPSA) is 73.9 Å². The maximum absolute atomic E-state index is 11.8. The Balaban J connectivity index is 2.57. The molecule has 1 rings (SSSR count). The van der Waals surface area contributed by atoms with Gasteiger partial charge in [-0.2, -0.15) is 0 Å². The SMILES string of the molecule is COc1ccccc1O[P+](=O)N[C@@H](C)C(=O)OC(C)C. The van der Waals surface area contributed by atoms with Gasteiger partial charge in [-0.05, 0) is 32.9 Å². The van der Waals surface area contributed by atoms with E-state index in [2.05, 4.69) is 5.09 Å². The van der Waals surface area contributed by atoms with Gasteiger partial charge in [0.1, 0.15) is 6.04 Å². The number of hydrogen-bond acceptors (Lipinski definition) is 5. The minimum Gasteiger partial charge on any atom is -0.493 e. The van der Waals surface area contributed by atoms with E-state index >= 15 is 0 Å². The van der Waals surface area contributed by atoms with Gasteiger partial charge in [-0.1, -0.05) is 17.2 Å². The van der Waals surface area contributed by atoms with E-state index in [-0.39, 0.29) is 6.10 Å². The predicted octanol–water partition coefficient (Wildman–Crippen LogP) is 2.66. The number of methoxy groups -OCH3 is 1. The van der Waals surface area contributed by atoms with Gasteiger partial charge in [-0.25, -0.2) is 4.52 Å². The number of esters is 1. The number of benzene rings is 1. The van der Waals surface area contributed by atoms with Crippen molar-refractivity contribution in [3.8, 4) is 11.5 Å². The van der Waals surface area contributed by atoms with Gasteiger partial charge in [-0.15, -0.1) is 0 Å². The number of hydrogen-bond donors (Lipinski definition) is 1. The van der Waals surface area contributed by atoms with Crippen LogP contribution in [0.2, 0.25) is 0 Å². The number of carbonyl (C=O) groups is 1. The summed E-state index contributed by atoms with van der Waals surface area (Å²) in [6.07, 6.45) is -0.222. The Kier molecular flexibility index (Phi) is 6.42. The van der Waals surface area contributed by atoms with Gasteiger partial charge in [0.2, 0.25) is 5.75 Å². The molecule has 0 aliphatic carbocycles. The minimum absolute atomic E-state index is 0.222. The van der Waals surface area contributed by atoms with Crippen molar-refractivity contribution in [2.24, 2.45) is 0 Å². The van der Waals surface area contributed by atoms with E-state index in [0.29, 0.717) is 11.5 Å². The molecule has 1 N–H and O–H groups in total. The average Bonchev–Trinajstić information content (AvgIpc) is 2.38. The second-order valence-corrected chi connectivity index (χ2v) is 5.29. The predicted molar refractivity (Wildman–Crippen MR) is 75.1 cm³/mol. The summed E-state index contributed by atoms with van der Waals surface area (Å²) < 4.78 is 27.1. The summed E-state index contributed by atoms with van der Waals surface area (Å²) in [6.45, 7) is 5.05. The van der Waals surface area contributed by atoms with Crippen molar-refractivity contribution < 1.29 is 23.4 Å². The molecule has 2 atom stereocenters. The molecule has 0 saturated heterocycles. The van der Waals surface area contributed by atoms with E-state index in [1.807, 2.05) is 0 Å². The Morgan fingerprint density at radius 1 is 1.20 bits per heavy atom. The van der Waals surface area contributed by atoms with Gasteiger partial charge in [0.15, 0.2) is 5.75 Å². The maximum Gasteiger partial charge on any atom is 0.664 e. The van der Waals surface area contributed by atoms with E-state index in [4.69, 9.17) is 14.0 Å². The van der Waals surface area contributed by atoms with Crippen LogP contribution in [-0.2, 0) is 14.1 Å². The lowest BCUT2D eigenvalue weighted by atomic mass is 10.3. The highest BCUT2D eigenvalue weighted by molar-refractivity contribution is 7.37. The first-order valence-electron chi connectivity index (χ1n) is 6.19. The zero-order valence-electron chi connectivity index (χ0n) is 12.0. The van der Waals surface area contributed by atoms with E-state index < -0.39 is 20.2 Å². The summed E-state index contributed by atoms with van der Waals surface area (Å²) in [7, 11) is -0.765. The first kappa shape index (κ1) is 16.4. The van der Waals surface area contributed by atoms with Crippen LogP contribution in [0.1, 0.15) is 20.8 Å². The highest BCUT2D eigenvalue weighted by Gasteiger charge is 2.29. The number of ether oxygens (including phenoxy) is 2. The molecule has 7 heteroatoms. The van der Waals surface area contributed by atoms with E-state index in [9.17, 15) is 9.36 Å². The summed E-state index contributed by atoms with van der Waals surface area (Å²) in [5.41, 5.74) is 0. The molecule has 6 nitrogen and oxygen atoms in total. The molecule has 1 aromatic carbocycles. The Morgan fingerprint density at radius 2 is 1.80 bits per heavy atom. The molecule has 0 radical (unpaired) electrons. The molecular formula is C13H19NO5P+. The van der Waals surface area contributed by atoms with Crippen molar-refractivity contribution >= 4 is 14.1 Å². The normalized spacial score (nSPS) is 12.8. The van der Waals surface area contributed by atoms with Crippen molar-refractivity contribution in [3.63, 3.8) is 0 Å². The van der Waals surface area contributed by atoms with E-state index in [0.717, 1.165) is 0 Å². The zero-order chi connectivity index (χ0) is 15.1. The third-order valence-electron chi connectivity index (χ3n) is 2.25. The van der Waals surface area contributed by atoms with Gasteiger partial charge in [0.25, 0.3) is 0 Å². The fourth-order valence-corrected chi connectivity index (χ4v) is 2.16. The largest absolute Gasteiger partial charge is 0.664 e. The highest BCUT2D eigenvalue weighted by atomic mass is 31.1. The Bertz CT molecular complexity index is 478. The van der Waals surface area contributed by atoms with Crippen LogP contribution in [0.25, 0.3) is 0 Å². The molecule has 0 aliphatic heterocycles. The number of rotatable bonds is 7. The molecule has 0 spiro atoms. The number of nitrogens with one attached hydrogen (secondary N) is 1. The summed E-state index contributed by atoms with van der Waals surface area (Å²) >= 11 is 0. The number of carbonyl (C=O) groups excluding carboxylic acids is 1. The molecular weight excluding hydrogens is 281 g/mol. The highest BCUT2D eigenvalue weighted by Crippen LogP contribution is 2.32. The van der Waals surface area contributed by atoms with Gasteiger partial charge < -0.3 is 9.47 Å². The molecule has 20 heavy (non-hydrogen) atoms. The van der Waals surface area contributed by atoms with Crippen molar-refractivity contribution in [1.29, 1.82) is 0 Å².